The van der Waals surface area contributed by atoms with Gasteiger partial charge in [-0.05, 0) is 50.8 Å². The van der Waals surface area contributed by atoms with Crippen molar-refractivity contribution in [3.8, 4) is 0 Å². The highest BCUT2D eigenvalue weighted by atomic mass is 35.5. The number of hydrogen-bond acceptors (Lipinski definition) is 3. The molecule has 1 aliphatic rings. The highest BCUT2D eigenvalue weighted by Gasteiger charge is 2.19. The van der Waals surface area contributed by atoms with Crippen LogP contribution in [0.2, 0.25) is 5.02 Å². The Labute approximate surface area is 125 Å². The van der Waals surface area contributed by atoms with Crippen molar-refractivity contribution in [2.75, 3.05) is 24.6 Å². The number of hydrogen-bond donors (Lipinski definition) is 0. The Bertz CT molecular complexity index is 470. The van der Waals surface area contributed by atoms with Crippen LogP contribution >= 0.6 is 11.6 Å². The van der Waals surface area contributed by atoms with Gasteiger partial charge in [-0.3, -0.25) is 4.79 Å². The van der Waals surface area contributed by atoms with E-state index in [1.54, 1.807) is 0 Å². The van der Waals surface area contributed by atoms with Gasteiger partial charge >= 0.3 is 5.97 Å². The molecule has 3 nitrogen and oxygen atoms in total. The molecule has 4 heteroatoms. The van der Waals surface area contributed by atoms with Gasteiger partial charge in [0.15, 0.2) is 0 Å². The lowest BCUT2D eigenvalue weighted by Crippen LogP contribution is -2.29. The second-order valence-electron chi connectivity index (χ2n) is 5.23. The zero-order valence-electron chi connectivity index (χ0n) is 12.2. The van der Waals surface area contributed by atoms with E-state index >= 15 is 0 Å². The van der Waals surface area contributed by atoms with Gasteiger partial charge < -0.3 is 9.64 Å². The molecule has 0 aromatic heterocycles. The molecule has 20 heavy (non-hydrogen) atoms. The van der Waals surface area contributed by atoms with Crippen molar-refractivity contribution >= 4 is 23.3 Å². The summed E-state index contributed by atoms with van der Waals surface area (Å²) >= 11 is 6.39. The van der Waals surface area contributed by atoms with E-state index in [4.69, 9.17) is 16.3 Å². The zero-order valence-corrected chi connectivity index (χ0v) is 12.9. The molecule has 1 saturated heterocycles. The van der Waals surface area contributed by atoms with E-state index < -0.39 is 0 Å². The summed E-state index contributed by atoms with van der Waals surface area (Å²) in [7, 11) is 0. The van der Waals surface area contributed by atoms with E-state index in [0.29, 0.717) is 6.61 Å². The average molecular weight is 296 g/mol. The molecule has 0 saturated carbocycles. The smallest absolute Gasteiger partial charge is 0.313 e. The zero-order chi connectivity index (χ0) is 14.5. The van der Waals surface area contributed by atoms with Crippen LogP contribution in [0.1, 0.15) is 44.6 Å². The van der Waals surface area contributed by atoms with E-state index in [9.17, 15) is 4.79 Å². The molecule has 1 heterocycles. The van der Waals surface area contributed by atoms with Gasteiger partial charge in [-0.1, -0.05) is 17.7 Å². The third-order valence-corrected chi connectivity index (χ3v) is 4.11. The summed E-state index contributed by atoms with van der Waals surface area (Å²) in [6.07, 6.45) is 3.74. The fraction of sp³-hybridized carbons (Fsp3) is 0.562. The summed E-state index contributed by atoms with van der Waals surface area (Å²) < 4.78 is 5.05. The molecule has 110 valence electrons. The van der Waals surface area contributed by atoms with E-state index in [1.807, 2.05) is 32.0 Å². The Morgan fingerprint density at radius 3 is 2.65 bits per heavy atom. The summed E-state index contributed by atoms with van der Waals surface area (Å²) in [6.45, 7) is 6.20. The molecule has 1 fully saturated rings. The quantitative estimate of drug-likeness (QED) is 0.787. The van der Waals surface area contributed by atoms with Gasteiger partial charge in [-0.15, -0.1) is 0 Å². The Kier molecular flexibility index (Phi) is 5.30. The van der Waals surface area contributed by atoms with Gasteiger partial charge in [0, 0.05) is 13.1 Å². The number of carbonyl (C=O) groups excluding carboxylic acids is 1. The lowest BCUT2D eigenvalue weighted by atomic mass is 10.0. The average Bonchev–Trinajstić information content (AvgIpc) is 2.47. The van der Waals surface area contributed by atoms with E-state index in [1.165, 1.54) is 19.3 Å². The number of halogens is 1. The predicted molar refractivity (Wildman–Crippen MR) is 82.6 cm³/mol. The minimum atomic E-state index is -0.275. The normalized spacial score (nSPS) is 16.9. The second kappa shape index (κ2) is 6.98. The van der Waals surface area contributed by atoms with Crippen LogP contribution in [-0.4, -0.2) is 25.7 Å². The topological polar surface area (TPSA) is 29.5 Å². The molecular formula is C16H22ClNO2. The highest BCUT2D eigenvalue weighted by molar-refractivity contribution is 6.33. The number of ether oxygens (including phenoxy) is 1. The first-order chi connectivity index (χ1) is 9.63. The van der Waals surface area contributed by atoms with Crippen LogP contribution in [0, 0.1) is 0 Å². The van der Waals surface area contributed by atoms with Crippen LogP contribution < -0.4 is 4.90 Å². The van der Waals surface area contributed by atoms with Crippen LogP contribution in [0.4, 0.5) is 5.69 Å². The number of anilines is 1. The third-order valence-electron chi connectivity index (χ3n) is 3.81. The molecule has 0 radical (unpaired) electrons. The molecule has 0 amide bonds. The first-order valence-corrected chi connectivity index (χ1v) is 7.72. The number of rotatable bonds is 4. The van der Waals surface area contributed by atoms with Crippen LogP contribution in [0.3, 0.4) is 0 Å². The van der Waals surface area contributed by atoms with E-state index in [0.717, 1.165) is 29.4 Å². The molecule has 0 N–H and O–H groups in total. The first kappa shape index (κ1) is 15.2. The number of esters is 1. The molecular weight excluding hydrogens is 274 g/mol. The largest absolute Gasteiger partial charge is 0.466 e. The SMILES string of the molecule is CCOC(=O)[C@@H](C)c1ccc(N2CCCCC2)c(Cl)c1. The van der Waals surface area contributed by atoms with Crippen molar-refractivity contribution in [2.24, 2.45) is 0 Å². The van der Waals surface area contributed by atoms with Crippen LogP contribution in [0.5, 0.6) is 0 Å². The minimum Gasteiger partial charge on any atom is -0.466 e. The van der Waals surface area contributed by atoms with Gasteiger partial charge in [0.2, 0.25) is 0 Å². The van der Waals surface area contributed by atoms with Crippen LogP contribution in [0.15, 0.2) is 18.2 Å². The lowest BCUT2D eigenvalue weighted by molar-refractivity contribution is -0.144. The maximum Gasteiger partial charge on any atom is 0.313 e. The standard InChI is InChI=1S/C16H22ClNO2/c1-3-20-16(19)12(2)13-7-8-15(14(17)11-13)18-9-5-4-6-10-18/h7-8,11-12H,3-6,9-10H2,1-2H3/t12-/m0/s1. The fourth-order valence-corrected chi connectivity index (χ4v) is 2.90. The number of piperidine rings is 1. The summed E-state index contributed by atoms with van der Waals surface area (Å²) in [4.78, 5) is 14.1. The number of nitrogens with zero attached hydrogens (tertiary/aromatic N) is 1. The fourth-order valence-electron chi connectivity index (χ4n) is 2.59. The predicted octanol–water partition coefficient (Wildman–Crippen LogP) is 4.00. The molecule has 0 bridgehead atoms. The number of benzene rings is 1. The monoisotopic (exact) mass is 295 g/mol. The first-order valence-electron chi connectivity index (χ1n) is 7.34. The molecule has 1 aromatic rings. The molecule has 1 aliphatic heterocycles. The molecule has 0 spiro atoms. The molecule has 0 aliphatic carbocycles. The van der Waals surface area contributed by atoms with E-state index in [-0.39, 0.29) is 11.9 Å². The van der Waals surface area contributed by atoms with Crippen molar-refractivity contribution in [1.29, 1.82) is 0 Å². The summed E-state index contributed by atoms with van der Waals surface area (Å²) in [5, 5.41) is 0.723. The van der Waals surface area contributed by atoms with Gasteiger partial charge in [-0.2, -0.15) is 0 Å². The molecule has 0 unspecified atom stereocenters. The van der Waals surface area contributed by atoms with Crippen molar-refractivity contribution in [3.05, 3.63) is 28.8 Å². The summed E-state index contributed by atoms with van der Waals surface area (Å²) in [5.74, 6) is -0.475. The highest BCUT2D eigenvalue weighted by Crippen LogP contribution is 2.31. The second-order valence-corrected chi connectivity index (χ2v) is 5.64. The van der Waals surface area contributed by atoms with Crippen LogP contribution in [0.25, 0.3) is 0 Å². The van der Waals surface area contributed by atoms with Crippen molar-refractivity contribution in [2.45, 2.75) is 39.0 Å². The number of carbonyl (C=O) groups is 1. The van der Waals surface area contributed by atoms with Crippen molar-refractivity contribution in [1.82, 2.24) is 0 Å². The lowest BCUT2D eigenvalue weighted by Gasteiger charge is -2.30. The third kappa shape index (κ3) is 3.45. The van der Waals surface area contributed by atoms with Crippen LogP contribution in [-0.2, 0) is 9.53 Å². The van der Waals surface area contributed by atoms with Crippen molar-refractivity contribution in [3.63, 3.8) is 0 Å². The Hall–Kier alpha value is -1.22. The minimum absolute atomic E-state index is 0.200. The summed E-state index contributed by atoms with van der Waals surface area (Å²) in [6, 6.07) is 5.91. The Morgan fingerprint density at radius 2 is 2.05 bits per heavy atom. The molecule has 2 rings (SSSR count). The molecule has 1 aromatic carbocycles. The van der Waals surface area contributed by atoms with Gasteiger partial charge in [-0.25, -0.2) is 0 Å². The van der Waals surface area contributed by atoms with Gasteiger partial charge in [0.05, 0.1) is 23.2 Å². The van der Waals surface area contributed by atoms with Gasteiger partial charge in [0.25, 0.3) is 0 Å². The maximum atomic E-state index is 11.8. The molecule has 1 atom stereocenters. The van der Waals surface area contributed by atoms with Gasteiger partial charge in [0.1, 0.15) is 0 Å². The Balaban J connectivity index is 2.14. The maximum absolute atomic E-state index is 11.8. The summed E-state index contributed by atoms with van der Waals surface area (Å²) in [5.41, 5.74) is 1.99. The Morgan fingerprint density at radius 1 is 1.35 bits per heavy atom. The van der Waals surface area contributed by atoms with Crippen molar-refractivity contribution < 1.29 is 9.53 Å². The van der Waals surface area contributed by atoms with E-state index in [2.05, 4.69) is 4.90 Å².